The first-order chi connectivity index (χ1) is 6.65. The number of hydrogen-bond donors (Lipinski definition) is 1. The van der Waals surface area contributed by atoms with E-state index in [1.807, 2.05) is 7.05 Å². The van der Waals surface area contributed by atoms with Crippen LogP contribution in [0.1, 0.15) is 19.3 Å². The van der Waals surface area contributed by atoms with Gasteiger partial charge in [-0.2, -0.15) is 0 Å². The van der Waals surface area contributed by atoms with Gasteiger partial charge in [0, 0.05) is 12.1 Å². The fraction of sp³-hybridized carbons (Fsp3) is 0.900. The van der Waals surface area contributed by atoms with E-state index in [-0.39, 0.29) is 17.9 Å². The van der Waals surface area contributed by atoms with Crippen molar-refractivity contribution in [3.8, 4) is 0 Å². The Morgan fingerprint density at radius 3 is 2.86 bits per heavy atom. The third kappa shape index (κ3) is 1.33. The maximum atomic E-state index is 11.5. The van der Waals surface area contributed by atoms with E-state index in [0.29, 0.717) is 12.5 Å². The van der Waals surface area contributed by atoms with Gasteiger partial charge >= 0.3 is 5.97 Å². The molecule has 0 aromatic heterocycles. The lowest BCUT2D eigenvalue weighted by Crippen LogP contribution is -2.52. The number of nitrogens with zero attached hydrogens (tertiary/aromatic N) is 1. The Labute approximate surface area is 83.8 Å². The number of rotatable bonds is 1. The molecule has 0 spiro atoms. The molecule has 80 valence electrons. The molecule has 2 rings (SSSR count). The van der Waals surface area contributed by atoms with Crippen LogP contribution in [0.2, 0.25) is 0 Å². The van der Waals surface area contributed by atoms with Crippen LogP contribution in [0.3, 0.4) is 0 Å². The molecule has 2 aliphatic heterocycles. The van der Waals surface area contributed by atoms with Gasteiger partial charge in [-0.15, -0.1) is 0 Å². The summed E-state index contributed by atoms with van der Waals surface area (Å²) < 4.78 is 4.73. The summed E-state index contributed by atoms with van der Waals surface area (Å²) in [5.41, 5.74) is 0. The molecule has 2 bridgehead atoms. The molecule has 0 amide bonds. The highest BCUT2D eigenvalue weighted by molar-refractivity contribution is 5.74. The van der Waals surface area contributed by atoms with Gasteiger partial charge in [-0.25, -0.2) is 0 Å². The van der Waals surface area contributed by atoms with Crippen LogP contribution >= 0.6 is 0 Å². The highest BCUT2D eigenvalue weighted by Gasteiger charge is 2.48. The maximum Gasteiger partial charge on any atom is 0.312 e. The first kappa shape index (κ1) is 9.93. The van der Waals surface area contributed by atoms with Gasteiger partial charge in [0.05, 0.1) is 19.1 Å². The van der Waals surface area contributed by atoms with E-state index in [1.54, 1.807) is 0 Å². The normalized spacial score (nSPS) is 42.5. The van der Waals surface area contributed by atoms with Gasteiger partial charge in [0.1, 0.15) is 0 Å². The van der Waals surface area contributed by atoms with Crippen LogP contribution in [0.4, 0.5) is 0 Å². The number of methoxy groups -OCH3 is 1. The Balaban J connectivity index is 2.18. The summed E-state index contributed by atoms with van der Waals surface area (Å²) in [4.78, 5) is 13.7. The molecule has 4 nitrogen and oxygen atoms in total. The number of fused-ring (bicyclic) bond motifs is 2. The minimum absolute atomic E-state index is 0.177. The molecule has 4 heteroatoms. The van der Waals surface area contributed by atoms with Crippen LogP contribution in [0.5, 0.6) is 0 Å². The summed E-state index contributed by atoms with van der Waals surface area (Å²) in [5, 5.41) is 9.84. The lowest BCUT2D eigenvalue weighted by atomic mass is 9.88. The number of ether oxygens (including phenoxy) is 1. The van der Waals surface area contributed by atoms with E-state index in [4.69, 9.17) is 4.74 Å². The van der Waals surface area contributed by atoms with Crippen LogP contribution in [-0.2, 0) is 9.53 Å². The van der Waals surface area contributed by atoms with Gasteiger partial charge in [-0.05, 0) is 26.3 Å². The SMILES string of the molecule is COC(=O)C1C2CC[C@H](C[C@@H]1O)N2C. The molecule has 2 aliphatic rings. The van der Waals surface area contributed by atoms with Crippen molar-refractivity contribution in [1.29, 1.82) is 0 Å². The number of esters is 1. The van der Waals surface area contributed by atoms with E-state index >= 15 is 0 Å². The number of hydrogen-bond acceptors (Lipinski definition) is 4. The first-order valence-electron chi connectivity index (χ1n) is 5.13. The largest absolute Gasteiger partial charge is 0.469 e. The summed E-state index contributed by atoms with van der Waals surface area (Å²) in [6, 6.07) is 0.632. The molecule has 2 heterocycles. The predicted octanol–water partition coefficient (Wildman–Crippen LogP) is 0.00300. The quantitative estimate of drug-likeness (QED) is 0.604. The zero-order chi connectivity index (χ0) is 10.3. The van der Waals surface area contributed by atoms with Gasteiger partial charge in [-0.3, -0.25) is 9.69 Å². The van der Waals surface area contributed by atoms with Gasteiger partial charge in [0.15, 0.2) is 0 Å². The molecule has 2 saturated heterocycles. The summed E-state index contributed by atoms with van der Waals surface area (Å²) >= 11 is 0. The Bertz CT molecular complexity index is 244. The average Bonchev–Trinajstić information content (AvgIpc) is 2.42. The Morgan fingerprint density at radius 2 is 2.21 bits per heavy atom. The van der Waals surface area contributed by atoms with Crippen LogP contribution < -0.4 is 0 Å². The summed E-state index contributed by atoms with van der Waals surface area (Å²) in [6.45, 7) is 0. The van der Waals surface area contributed by atoms with E-state index in [0.717, 1.165) is 12.8 Å². The van der Waals surface area contributed by atoms with Gasteiger partial charge in [0.25, 0.3) is 0 Å². The Hall–Kier alpha value is -0.610. The average molecular weight is 199 g/mol. The van der Waals surface area contributed by atoms with E-state index in [2.05, 4.69) is 4.90 Å². The molecule has 4 atom stereocenters. The standard InChI is InChI=1S/C10H17NO3/c1-11-6-3-4-7(11)9(8(12)5-6)10(13)14-2/h6-9,12H,3-5H2,1-2H3/t6-,7?,8+,9?/m1/s1. The van der Waals surface area contributed by atoms with Crippen molar-refractivity contribution in [3.63, 3.8) is 0 Å². The minimum Gasteiger partial charge on any atom is -0.469 e. The van der Waals surface area contributed by atoms with E-state index in [9.17, 15) is 9.90 Å². The minimum atomic E-state index is -0.517. The van der Waals surface area contributed by atoms with Crippen LogP contribution in [0, 0.1) is 5.92 Å². The third-order valence-electron chi connectivity index (χ3n) is 3.71. The molecule has 2 fully saturated rings. The highest BCUT2D eigenvalue weighted by atomic mass is 16.5. The fourth-order valence-electron chi connectivity index (χ4n) is 2.89. The number of carbonyl (C=O) groups is 1. The zero-order valence-electron chi connectivity index (χ0n) is 8.64. The van der Waals surface area contributed by atoms with Crippen molar-refractivity contribution in [3.05, 3.63) is 0 Å². The number of piperidine rings is 1. The van der Waals surface area contributed by atoms with Crippen molar-refractivity contribution >= 4 is 5.97 Å². The predicted molar refractivity (Wildman–Crippen MR) is 50.7 cm³/mol. The Kier molecular flexibility index (Phi) is 2.49. The summed E-state index contributed by atoms with van der Waals surface area (Å²) in [7, 11) is 3.42. The smallest absolute Gasteiger partial charge is 0.312 e. The molecule has 2 unspecified atom stereocenters. The number of carbonyl (C=O) groups excluding carboxylic acids is 1. The van der Waals surface area contributed by atoms with Crippen LogP contribution in [-0.4, -0.2) is 48.3 Å². The summed E-state index contributed by atoms with van der Waals surface area (Å²) in [6.07, 6.45) is 2.27. The molecule has 0 aromatic carbocycles. The monoisotopic (exact) mass is 199 g/mol. The van der Waals surface area contributed by atoms with E-state index in [1.165, 1.54) is 7.11 Å². The lowest BCUT2D eigenvalue weighted by Gasteiger charge is -2.39. The molecule has 1 N–H and O–H groups in total. The maximum absolute atomic E-state index is 11.5. The second-order valence-electron chi connectivity index (χ2n) is 4.32. The van der Waals surface area contributed by atoms with Crippen molar-refractivity contribution in [1.82, 2.24) is 4.90 Å². The van der Waals surface area contributed by atoms with Crippen molar-refractivity contribution in [2.75, 3.05) is 14.2 Å². The molecule has 0 saturated carbocycles. The van der Waals surface area contributed by atoms with Crippen molar-refractivity contribution < 1.29 is 14.6 Å². The molecule has 0 aliphatic carbocycles. The van der Waals surface area contributed by atoms with E-state index < -0.39 is 6.10 Å². The lowest BCUT2D eigenvalue weighted by molar-refractivity contribution is -0.155. The third-order valence-corrected chi connectivity index (χ3v) is 3.71. The zero-order valence-corrected chi connectivity index (χ0v) is 8.64. The van der Waals surface area contributed by atoms with Crippen molar-refractivity contribution in [2.45, 2.75) is 37.5 Å². The molecule has 0 aromatic rings. The van der Waals surface area contributed by atoms with Crippen LogP contribution in [0.25, 0.3) is 0 Å². The van der Waals surface area contributed by atoms with Gasteiger partial charge in [0.2, 0.25) is 0 Å². The Morgan fingerprint density at radius 1 is 1.50 bits per heavy atom. The highest BCUT2D eigenvalue weighted by Crippen LogP contribution is 2.38. The topological polar surface area (TPSA) is 49.8 Å². The van der Waals surface area contributed by atoms with Crippen molar-refractivity contribution in [2.24, 2.45) is 5.92 Å². The number of aliphatic hydroxyl groups excluding tert-OH is 1. The molecular weight excluding hydrogens is 182 g/mol. The van der Waals surface area contributed by atoms with Gasteiger partial charge in [-0.1, -0.05) is 0 Å². The first-order valence-corrected chi connectivity index (χ1v) is 5.13. The molecule has 14 heavy (non-hydrogen) atoms. The number of aliphatic hydroxyl groups is 1. The molecule has 0 radical (unpaired) electrons. The van der Waals surface area contributed by atoms with Gasteiger partial charge < -0.3 is 9.84 Å². The van der Waals surface area contributed by atoms with Crippen LogP contribution in [0.15, 0.2) is 0 Å². The molecular formula is C10H17NO3. The summed E-state index contributed by atoms with van der Waals surface area (Å²) in [5.74, 6) is -0.613. The second-order valence-corrected chi connectivity index (χ2v) is 4.32. The second kappa shape index (κ2) is 3.51. The fourth-order valence-corrected chi connectivity index (χ4v) is 2.89.